The first-order valence-corrected chi connectivity index (χ1v) is 7.85. The molecule has 0 radical (unpaired) electrons. The van der Waals surface area contributed by atoms with Crippen molar-refractivity contribution in [2.45, 2.75) is 25.6 Å². The molecule has 2 aromatic carbocycles. The molecular weight excluding hydrogens is 289 g/mol. The van der Waals surface area contributed by atoms with Gasteiger partial charge in [-0.3, -0.25) is 0 Å². The third kappa shape index (κ3) is 3.47. The third-order valence-electron chi connectivity index (χ3n) is 3.32. The summed E-state index contributed by atoms with van der Waals surface area (Å²) in [5.74, 6) is 0.421. The van der Waals surface area contributed by atoms with Crippen LogP contribution in [0.5, 0.6) is 0 Å². The number of anilines is 2. The van der Waals surface area contributed by atoms with Gasteiger partial charge in [-0.25, -0.2) is 0 Å². The van der Waals surface area contributed by atoms with E-state index in [0.29, 0.717) is 5.88 Å². The molecule has 0 spiro atoms. The van der Waals surface area contributed by atoms with Crippen LogP contribution in [-0.2, 0) is 5.88 Å². The van der Waals surface area contributed by atoms with Crippen LogP contribution in [0.2, 0.25) is 5.02 Å². The van der Waals surface area contributed by atoms with E-state index in [4.69, 9.17) is 23.2 Å². The fourth-order valence-electron chi connectivity index (χ4n) is 2.25. The topological polar surface area (TPSA) is 3.24 Å². The van der Waals surface area contributed by atoms with E-state index in [0.717, 1.165) is 35.7 Å². The van der Waals surface area contributed by atoms with Crippen molar-refractivity contribution in [3.63, 3.8) is 0 Å². The number of unbranched alkanes of at least 4 members (excludes halogenated alkanes) is 1. The number of nitrogens with zero attached hydrogens (tertiary/aromatic N) is 1. The van der Waals surface area contributed by atoms with Crippen molar-refractivity contribution in [3.8, 4) is 0 Å². The highest BCUT2D eigenvalue weighted by molar-refractivity contribution is 6.32. The lowest BCUT2D eigenvalue weighted by atomic mass is 10.1. The SMILES string of the molecule is CCCCN(c1ccccc1)c1cccc(Cl)c1CCl. The van der Waals surface area contributed by atoms with Crippen molar-refractivity contribution in [3.05, 3.63) is 59.1 Å². The summed E-state index contributed by atoms with van der Waals surface area (Å²) in [4.78, 5) is 2.30. The zero-order valence-corrected chi connectivity index (χ0v) is 13.2. The molecule has 0 heterocycles. The minimum atomic E-state index is 0.421. The standard InChI is InChI=1S/C17H19Cl2N/c1-2-3-12-20(14-8-5-4-6-9-14)17-11-7-10-16(19)15(17)13-18/h4-11H,2-3,12-13H2,1H3. The van der Waals surface area contributed by atoms with Gasteiger partial charge in [-0.1, -0.05) is 49.2 Å². The Bertz CT molecular complexity index is 540. The van der Waals surface area contributed by atoms with E-state index in [1.807, 2.05) is 18.2 Å². The summed E-state index contributed by atoms with van der Waals surface area (Å²) >= 11 is 12.4. The van der Waals surface area contributed by atoms with Crippen LogP contribution in [0, 0.1) is 0 Å². The molecule has 106 valence electrons. The molecule has 0 aromatic heterocycles. The van der Waals surface area contributed by atoms with Gasteiger partial charge in [0, 0.05) is 28.5 Å². The number of rotatable bonds is 6. The van der Waals surface area contributed by atoms with E-state index in [1.54, 1.807) is 0 Å². The summed E-state index contributed by atoms with van der Waals surface area (Å²) in [6.07, 6.45) is 2.28. The second-order valence-corrected chi connectivity index (χ2v) is 5.39. The van der Waals surface area contributed by atoms with Crippen LogP contribution in [-0.4, -0.2) is 6.54 Å². The fourth-order valence-corrected chi connectivity index (χ4v) is 2.83. The summed E-state index contributed by atoms with van der Waals surface area (Å²) in [5.41, 5.74) is 3.28. The number of hydrogen-bond donors (Lipinski definition) is 0. The zero-order valence-electron chi connectivity index (χ0n) is 11.7. The van der Waals surface area contributed by atoms with E-state index < -0.39 is 0 Å². The molecule has 0 fully saturated rings. The first-order valence-electron chi connectivity index (χ1n) is 6.94. The lowest BCUT2D eigenvalue weighted by molar-refractivity contribution is 0.784. The molecule has 0 aliphatic carbocycles. The quantitative estimate of drug-likeness (QED) is 0.590. The molecule has 0 saturated heterocycles. The van der Waals surface area contributed by atoms with Crippen molar-refractivity contribution in [1.29, 1.82) is 0 Å². The van der Waals surface area contributed by atoms with E-state index >= 15 is 0 Å². The van der Waals surface area contributed by atoms with Gasteiger partial charge in [0.1, 0.15) is 0 Å². The highest BCUT2D eigenvalue weighted by atomic mass is 35.5. The normalized spacial score (nSPS) is 10.6. The molecule has 0 N–H and O–H groups in total. The summed E-state index contributed by atoms with van der Waals surface area (Å²) in [6, 6.07) is 16.3. The summed E-state index contributed by atoms with van der Waals surface area (Å²) < 4.78 is 0. The zero-order chi connectivity index (χ0) is 14.4. The Morgan fingerprint density at radius 3 is 2.40 bits per heavy atom. The molecule has 0 bridgehead atoms. The van der Waals surface area contributed by atoms with Gasteiger partial charge < -0.3 is 4.90 Å². The molecule has 0 saturated carbocycles. The molecule has 1 nitrogen and oxygen atoms in total. The minimum absolute atomic E-state index is 0.421. The van der Waals surface area contributed by atoms with Crippen LogP contribution in [0.15, 0.2) is 48.5 Å². The average molecular weight is 308 g/mol. The highest BCUT2D eigenvalue weighted by Crippen LogP contribution is 2.33. The van der Waals surface area contributed by atoms with Crippen molar-refractivity contribution < 1.29 is 0 Å². The van der Waals surface area contributed by atoms with E-state index in [-0.39, 0.29) is 0 Å². The first kappa shape index (κ1) is 15.2. The first-order chi connectivity index (χ1) is 9.77. The van der Waals surface area contributed by atoms with Crippen LogP contribution in [0.4, 0.5) is 11.4 Å². The van der Waals surface area contributed by atoms with Gasteiger partial charge in [-0.15, -0.1) is 11.6 Å². The Balaban J connectivity index is 2.44. The molecular formula is C17H19Cl2N. The van der Waals surface area contributed by atoms with E-state index in [2.05, 4.69) is 42.2 Å². The predicted octanol–water partition coefficient (Wildman–Crippen LogP) is 6.02. The summed E-state index contributed by atoms with van der Waals surface area (Å²) in [6.45, 7) is 3.16. The average Bonchev–Trinajstić information content (AvgIpc) is 2.49. The molecule has 0 amide bonds. The Morgan fingerprint density at radius 2 is 1.75 bits per heavy atom. The van der Waals surface area contributed by atoms with Crippen LogP contribution < -0.4 is 4.90 Å². The molecule has 20 heavy (non-hydrogen) atoms. The lowest BCUT2D eigenvalue weighted by Gasteiger charge is -2.27. The number of benzene rings is 2. The smallest absolute Gasteiger partial charge is 0.0509 e. The second kappa shape index (κ2) is 7.56. The van der Waals surface area contributed by atoms with Crippen molar-refractivity contribution in [2.24, 2.45) is 0 Å². The van der Waals surface area contributed by atoms with Gasteiger partial charge in [-0.05, 0) is 30.7 Å². The van der Waals surface area contributed by atoms with Crippen LogP contribution in [0.1, 0.15) is 25.3 Å². The summed E-state index contributed by atoms with van der Waals surface area (Å²) in [7, 11) is 0. The number of halogens is 2. The monoisotopic (exact) mass is 307 g/mol. The Hall–Kier alpha value is -1.18. The van der Waals surface area contributed by atoms with Gasteiger partial charge in [0.2, 0.25) is 0 Å². The van der Waals surface area contributed by atoms with E-state index in [1.165, 1.54) is 5.69 Å². The van der Waals surface area contributed by atoms with Crippen molar-refractivity contribution in [2.75, 3.05) is 11.4 Å². The molecule has 0 unspecified atom stereocenters. The number of alkyl halides is 1. The number of para-hydroxylation sites is 1. The Kier molecular flexibility index (Phi) is 5.75. The largest absolute Gasteiger partial charge is 0.341 e. The maximum Gasteiger partial charge on any atom is 0.0509 e. The lowest BCUT2D eigenvalue weighted by Crippen LogP contribution is -2.19. The molecule has 0 aliphatic heterocycles. The molecule has 0 atom stereocenters. The highest BCUT2D eigenvalue weighted by Gasteiger charge is 2.14. The maximum atomic E-state index is 6.28. The second-order valence-electron chi connectivity index (χ2n) is 4.71. The molecule has 0 aliphatic rings. The molecule has 3 heteroatoms. The van der Waals surface area contributed by atoms with Gasteiger partial charge >= 0.3 is 0 Å². The van der Waals surface area contributed by atoms with Crippen LogP contribution in [0.25, 0.3) is 0 Å². The predicted molar refractivity (Wildman–Crippen MR) is 89.4 cm³/mol. The molecule has 2 aromatic rings. The molecule has 2 rings (SSSR count). The van der Waals surface area contributed by atoms with Crippen molar-refractivity contribution in [1.82, 2.24) is 0 Å². The van der Waals surface area contributed by atoms with Crippen LogP contribution in [0.3, 0.4) is 0 Å². The maximum absolute atomic E-state index is 6.28. The minimum Gasteiger partial charge on any atom is -0.341 e. The number of hydrogen-bond acceptors (Lipinski definition) is 1. The van der Waals surface area contributed by atoms with Gasteiger partial charge in [0.25, 0.3) is 0 Å². The Labute approximate surface area is 131 Å². The van der Waals surface area contributed by atoms with Gasteiger partial charge in [0.15, 0.2) is 0 Å². The Morgan fingerprint density at radius 1 is 1.00 bits per heavy atom. The summed E-state index contributed by atoms with van der Waals surface area (Å²) in [5, 5.41) is 0.731. The third-order valence-corrected chi connectivity index (χ3v) is 3.94. The van der Waals surface area contributed by atoms with Crippen LogP contribution >= 0.6 is 23.2 Å². The fraction of sp³-hybridized carbons (Fsp3) is 0.294. The van der Waals surface area contributed by atoms with E-state index in [9.17, 15) is 0 Å². The van der Waals surface area contributed by atoms with Gasteiger partial charge in [-0.2, -0.15) is 0 Å². The van der Waals surface area contributed by atoms with Crippen molar-refractivity contribution >= 4 is 34.6 Å². The van der Waals surface area contributed by atoms with Gasteiger partial charge in [0.05, 0.1) is 5.88 Å².